The van der Waals surface area contributed by atoms with Crippen LogP contribution >= 0.6 is 35.4 Å². The molecule has 0 saturated carbocycles. The lowest BCUT2D eigenvalue weighted by Gasteiger charge is -2.13. The maximum absolute atomic E-state index is 12.9. The number of nitrogens with one attached hydrogen (secondary N) is 1. The summed E-state index contributed by atoms with van der Waals surface area (Å²) in [6.07, 6.45) is -4.03. The third kappa shape index (κ3) is 7.34. The van der Waals surface area contributed by atoms with E-state index in [9.17, 15) is 26.0 Å². The second-order valence-electron chi connectivity index (χ2n) is 8.59. The van der Waals surface area contributed by atoms with E-state index in [0.717, 1.165) is 12.1 Å². The van der Waals surface area contributed by atoms with Crippen LogP contribution in [0.4, 0.5) is 23.4 Å². The first-order valence-corrected chi connectivity index (χ1v) is 14.5. The van der Waals surface area contributed by atoms with E-state index in [1.165, 1.54) is 18.2 Å². The van der Waals surface area contributed by atoms with Gasteiger partial charge in [-0.15, -0.1) is 0 Å². The molecule has 0 amide bonds. The van der Waals surface area contributed by atoms with Crippen LogP contribution in [0.1, 0.15) is 23.4 Å². The lowest BCUT2D eigenvalue weighted by Crippen LogP contribution is -2.15. The van der Waals surface area contributed by atoms with Gasteiger partial charge in [0, 0.05) is 22.5 Å². The van der Waals surface area contributed by atoms with Gasteiger partial charge in [-0.1, -0.05) is 35.4 Å². The fourth-order valence-corrected chi connectivity index (χ4v) is 5.51. The molecule has 0 radical (unpaired) electrons. The molecule has 4 rings (SSSR count). The second-order valence-corrected chi connectivity index (χ2v) is 11.5. The summed E-state index contributed by atoms with van der Waals surface area (Å²) in [5.41, 5.74) is 0.939. The van der Waals surface area contributed by atoms with Crippen LogP contribution in [-0.2, 0) is 16.3 Å². The number of nitrogens with zero attached hydrogens (tertiary/aromatic N) is 3. The van der Waals surface area contributed by atoms with Gasteiger partial charge in [-0.25, -0.2) is 9.97 Å². The molecule has 0 aliphatic rings. The fourth-order valence-electron chi connectivity index (χ4n) is 3.77. The Morgan fingerprint density at radius 2 is 1.80 bits per heavy atom. The van der Waals surface area contributed by atoms with Crippen LogP contribution < -0.4 is 9.50 Å². The molecule has 0 spiro atoms. The summed E-state index contributed by atoms with van der Waals surface area (Å²) in [6, 6.07) is 12.9. The van der Waals surface area contributed by atoms with Crippen LogP contribution in [0.5, 0.6) is 5.75 Å². The van der Waals surface area contributed by atoms with Gasteiger partial charge in [-0.05, 0) is 67.9 Å². The Balaban J connectivity index is 1.72. The van der Waals surface area contributed by atoms with Crippen molar-refractivity contribution >= 4 is 56.3 Å². The molecule has 2 aromatic carbocycles. The highest BCUT2D eigenvalue weighted by molar-refractivity contribution is 7.87. The Morgan fingerprint density at radius 1 is 1.10 bits per heavy atom. The second kappa shape index (κ2) is 12.3. The van der Waals surface area contributed by atoms with E-state index in [1.54, 1.807) is 35.8 Å². The van der Waals surface area contributed by atoms with E-state index in [1.807, 2.05) is 0 Å². The Kier molecular flexibility index (Phi) is 9.22. The minimum absolute atomic E-state index is 0.0299. The van der Waals surface area contributed by atoms with Crippen LogP contribution in [0.2, 0.25) is 10.0 Å². The molecule has 2 aromatic heterocycles. The Labute approximate surface area is 248 Å². The molecule has 2 heterocycles. The van der Waals surface area contributed by atoms with Gasteiger partial charge in [-0.2, -0.15) is 21.6 Å². The molecule has 0 bridgehead atoms. The molecule has 0 atom stereocenters. The van der Waals surface area contributed by atoms with Gasteiger partial charge in [0.1, 0.15) is 28.1 Å². The van der Waals surface area contributed by atoms with Gasteiger partial charge in [-0.3, -0.25) is 8.96 Å². The number of alkyl halides is 4. The van der Waals surface area contributed by atoms with Crippen LogP contribution in [0.25, 0.3) is 17.1 Å². The largest absolute Gasteiger partial charge is 0.417 e. The van der Waals surface area contributed by atoms with Crippen molar-refractivity contribution < 1.29 is 30.2 Å². The zero-order valence-corrected chi connectivity index (χ0v) is 24.2. The number of pyridine rings is 1. The zero-order chi connectivity index (χ0) is 29.9. The number of hydrogen-bond acceptors (Lipinski definition) is 6. The summed E-state index contributed by atoms with van der Waals surface area (Å²) in [6.45, 7) is 0.932. The van der Waals surface area contributed by atoms with Crippen LogP contribution in [0.3, 0.4) is 0 Å². The highest BCUT2D eigenvalue weighted by atomic mass is 35.5. The summed E-state index contributed by atoms with van der Waals surface area (Å²) < 4.78 is 82.0. The molecular formula is C26H20Cl2F4N4O3S2. The average molecular weight is 648 g/mol. The molecule has 0 fully saturated rings. The Hall–Kier alpha value is -3.26. The van der Waals surface area contributed by atoms with Crippen molar-refractivity contribution in [2.24, 2.45) is 0 Å². The van der Waals surface area contributed by atoms with Crippen molar-refractivity contribution in [3.05, 3.63) is 87.8 Å². The van der Waals surface area contributed by atoms with E-state index in [0.29, 0.717) is 34.0 Å². The third-order valence-corrected chi connectivity index (χ3v) is 7.75. The summed E-state index contributed by atoms with van der Waals surface area (Å²) in [5.74, 6) is 0.000773. The maximum atomic E-state index is 12.9. The van der Waals surface area contributed by atoms with Crippen molar-refractivity contribution in [1.82, 2.24) is 14.5 Å². The first-order valence-electron chi connectivity index (χ1n) is 11.8. The molecule has 15 heteroatoms. The fraction of sp³-hybridized carbons (Fsp3) is 0.192. The SMILES string of the molecule is Cc1c(C(=S)Nc2ccc(C(F)(F)F)cn2)nc(-c2ccc(Cl)cc2Cl)n1-c1ccc(OS(=O)(=O)CCCF)cc1. The van der Waals surface area contributed by atoms with Gasteiger partial charge in [0.25, 0.3) is 0 Å². The summed E-state index contributed by atoms with van der Waals surface area (Å²) in [4.78, 5) is 8.55. The first kappa shape index (κ1) is 30.7. The van der Waals surface area contributed by atoms with E-state index in [2.05, 4.69) is 15.3 Å². The molecule has 216 valence electrons. The van der Waals surface area contributed by atoms with E-state index >= 15 is 0 Å². The van der Waals surface area contributed by atoms with Gasteiger partial charge < -0.3 is 9.50 Å². The predicted molar refractivity (Wildman–Crippen MR) is 153 cm³/mol. The minimum atomic E-state index is -4.53. The number of rotatable bonds is 9. The first-order chi connectivity index (χ1) is 19.3. The number of benzene rings is 2. The summed E-state index contributed by atoms with van der Waals surface area (Å²) in [7, 11) is -3.97. The van der Waals surface area contributed by atoms with E-state index in [-0.39, 0.29) is 33.7 Å². The number of aromatic nitrogens is 3. The van der Waals surface area contributed by atoms with Crippen molar-refractivity contribution in [1.29, 1.82) is 0 Å². The molecule has 0 aliphatic heterocycles. The molecular weight excluding hydrogens is 627 g/mol. The molecule has 41 heavy (non-hydrogen) atoms. The molecule has 1 N–H and O–H groups in total. The van der Waals surface area contributed by atoms with E-state index < -0.39 is 34.3 Å². The smallest absolute Gasteiger partial charge is 0.382 e. The molecule has 0 unspecified atom stereocenters. The van der Waals surface area contributed by atoms with Crippen molar-refractivity contribution in [3.8, 4) is 22.8 Å². The quantitative estimate of drug-likeness (QED) is 0.115. The standard InChI is InChI=1S/C26H20Cl2F4N4O3S2/c1-15-23(25(40)34-22-10-3-16(14-33-22)26(30,31)32)35-24(20-9-4-17(27)13-21(20)28)36(15)18-5-7-19(8-6-18)39-41(37,38)12-2-11-29/h3-10,13-14H,2,11-12H2,1H3,(H,33,34,40). The number of imidazole rings is 1. The number of thiocarbonyl (C=S) groups is 1. The molecule has 0 aliphatic carbocycles. The topological polar surface area (TPSA) is 86.1 Å². The van der Waals surface area contributed by atoms with Gasteiger partial charge in [0.15, 0.2) is 0 Å². The molecule has 0 saturated heterocycles. The van der Waals surface area contributed by atoms with Crippen molar-refractivity contribution in [3.63, 3.8) is 0 Å². The summed E-state index contributed by atoms with van der Waals surface area (Å²) in [5, 5.41) is 3.49. The normalized spacial score (nSPS) is 11.9. The van der Waals surface area contributed by atoms with Crippen LogP contribution in [0, 0.1) is 6.92 Å². The number of halogens is 6. The lowest BCUT2D eigenvalue weighted by atomic mass is 10.2. The minimum Gasteiger partial charge on any atom is -0.382 e. The number of anilines is 1. The van der Waals surface area contributed by atoms with Gasteiger partial charge in [0.2, 0.25) is 0 Å². The van der Waals surface area contributed by atoms with Crippen molar-refractivity contribution in [2.75, 3.05) is 17.7 Å². The van der Waals surface area contributed by atoms with Gasteiger partial charge >= 0.3 is 16.3 Å². The molecule has 4 aromatic rings. The highest BCUT2D eigenvalue weighted by Gasteiger charge is 2.31. The predicted octanol–water partition coefficient (Wildman–Crippen LogP) is 7.42. The Bertz CT molecular complexity index is 1680. The summed E-state index contributed by atoms with van der Waals surface area (Å²) >= 11 is 18.1. The van der Waals surface area contributed by atoms with Crippen LogP contribution in [-0.4, -0.2) is 40.4 Å². The zero-order valence-electron chi connectivity index (χ0n) is 21.0. The molecule has 7 nitrogen and oxygen atoms in total. The van der Waals surface area contributed by atoms with Gasteiger partial charge in [0.05, 0.1) is 28.7 Å². The van der Waals surface area contributed by atoms with E-state index in [4.69, 9.17) is 39.6 Å². The lowest BCUT2D eigenvalue weighted by molar-refractivity contribution is -0.137. The Morgan fingerprint density at radius 3 is 2.39 bits per heavy atom. The van der Waals surface area contributed by atoms with Crippen molar-refractivity contribution in [2.45, 2.75) is 19.5 Å². The number of hydrogen-bond donors (Lipinski definition) is 1. The maximum Gasteiger partial charge on any atom is 0.417 e. The van der Waals surface area contributed by atoms with Crippen LogP contribution in [0.15, 0.2) is 60.8 Å². The average Bonchev–Trinajstić information content (AvgIpc) is 3.24. The third-order valence-electron chi connectivity index (χ3n) is 5.67. The monoisotopic (exact) mass is 646 g/mol. The highest BCUT2D eigenvalue weighted by Crippen LogP contribution is 2.34.